The standard InChI is InChI=1S/C11H5Cl2NO4/c12-3-1-2-4-5(8(3)13)6-7(9(15)14-4)11(17)18-10(6)16/h1-2,10,16H,(H,14,15)/t10-/m0/s1. The van der Waals surface area contributed by atoms with Crippen molar-refractivity contribution in [3.8, 4) is 0 Å². The summed E-state index contributed by atoms with van der Waals surface area (Å²) < 4.78 is 4.61. The molecule has 0 fully saturated rings. The first-order chi connectivity index (χ1) is 8.50. The molecule has 7 heteroatoms. The molecule has 0 aliphatic carbocycles. The maximum absolute atomic E-state index is 11.7. The van der Waals surface area contributed by atoms with Crippen LogP contribution >= 0.6 is 23.2 Å². The summed E-state index contributed by atoms with van der Waals surface area (Å²) in [5.74, 6) is -0.878. The molecule has 0 unspecified atom stereocenters. The van der Waals surface area contributed by atoms with Crippen LogP contribution in [-0.4, -0.2) is 16.1 Å². The van der Waals surface area contributed by atoms with Crippen molar-refractivity contribution >= 4 is 40.1 Å². The van der Waals surface area contributed by atoms with E-state index in [0.29, 0.717) is 10.9 Å². The van der Waals surface area contributed by atoms with E-state index in [1.807, 2.05) is 0 Å². The van der Waals surface area contributed by atoms with E-state index in [1.54, 1.807) is 6.07 Å². The highest BCUT2D eigenvalue weighted by atomic mass is 35.5. The molecule has 18 heavy (non-hydrogen) atoms. The number of carbonyl (C=O) groups excluding carboxylic acids is 1. The third kappa shape index (κ3) is 1.38. The Labute approximate surface area is 110 Å². The molecule has 2 heterocycles. The van der Waals surface area contributed by atoms with Crippen LogP contribution < -0.4 is 5.56 Å². The molecular formula is C11H5Cl2NO4. The number of cyclic esters (lactones) is 1. The zero-order valence-corrected chi connectivity index (χ0v) is 10.2. The highest BCUT2D eigenvalue weighted by Gasteiger charge is 2.35. The molecule has 1 aromatic carbocycles. The number of aromatic nitrogens is 1. The number of hydrogen-bond donors (Lipinski definition) is 2. The van der Waals surface area contributed by atoms with E-state index in [0.717, 1.165) is 0 Å². The Balaban J connectivity index is 2.58. The number of pyridine rings is 1. The van der Waals surface area contributed by atoms with Crippen molar-refractivity contribution in [2.45, 2.75) is 6.29 Å². The Kier molecular flexibility index (Phi) is 2.38. The lowest BCUT2D eigenvalue weighted by Crippen LogP contribution is -2.16. The summed E-state index contributed by atoms with van der Waals surface area (Å²) in [6, 6.07) is 3.05. The molecule has 0 bridgehead atoms. The third-order valence-electron chi connectivity index (χ3n) is 2.78. The number of aliphatic hydroxyl groups is 1. The van der Waals surface area contributed by atoms with Crippen molar-refractivity contribution in [1.82, 2.24) is 4.98 Å². The lowest BCUT2D eigenvalue weighted by Gasteiger charge is -2.08. The first-order valence-electron chi connectivity index (χ1n) is 4.93. The number of aliphatic hydroxyl groups excluding tert-OH is 1. The van der Waals surface area contributed by atoms with Crippen molar-refractivity contribution in [2.24, 2.45) is 0 Å². The number of fused-ring (bicyclic) bond motifs is 3. The molecule has 0 spiro atoms. The van der Waals surface area contributed by atoms with Gasteiger partial charge in [0.25, 0.3) is 5.56 Å². The summed E-state index contributed by atoms with van der Waals surface area (Å²) in [6.07, 6.45) is -1.51. The maximum atomic E-state index is 11.7. The van der Waals surface area contributed by atoms with Gasteiger partial charge in [0.1, 0.15) is 5.56 Å². The van der Waals surface area contributed by atoms with Crippen LogP contribution in [0.15, 0.2) is 16.9 Å². The summed E-state index contributed by atoms with van der Waals surface area (Å²) in [7, 11) is 0. The number of rotatable bonds is 0. The average Bonchev–Trinajstić information content (AvgIpc) is 2.61. The lowest BCUT2D eigenvalue weighted by atomic mass is 10.0. The summed E-state index contributed by atoms with van der Waals surface area (Å²) in [5.41, 5.74) is -0.423. The maximum Gasteiger partial charge on any atom is 0.346 e. The molecule has 1 atom stereocenters. The van der Waals surface area contributed by atoms with Gasteiger partial charge in [-0.15, -0.1) is 0 Å². The predicted molar refractivity (Wildman–Crippen MR) is 65.0 cm³/mol. The molecule has 1 aliphatic heterocycles. The van der Waals surface area contributed by atoms with Crippen molar-refractivity contribution < 1.29 is 14.6 Å². The normalized spacial score (nSPS) is 17.9. The summed E-state index contributed by atoms with van der Waals surface area (Å²) >= 11 is 11.9. The van der Waals surface area contributed by atoms with Crippen LogP contribution in [0.3, 0.4) is 0 Å². The van der Waals surface area contributed by atoms with Crippen LogP contribution in [-0.2, 0) is 4.74 Å². The minimum absolute atomic E-state index is 0.0613. The molecular weight excluding hydrogens is 281 g/mol. The number of esters is 1. The van der Waals surface area contributed by atoms with E-state index >= 15 is 0 Å². The van der Waals surface area contributed by atoms with E-state index in [4.69, 9.17) is 23.2 Å². The van der Waals surface area contributed by atoms with Crippen molar-refractivity contribution in [1.29, 1.82) is 0 Å². The number of aromatic amines is 1. The Morgan fingerprint density at radius 1 is 1.28 bits per heavy atom. The molecule has 0 saturated heterocycles. The van der Waals surface area contributed by atoms with Crippen LogP contribution in [0.5, 0.6) is 0 Å². The Morgan fingerprint density at radius 3 is 2.72 bits per heavy atom. The van der Waals surface area contributed by atoms with E-state index < -0.39 is 17.8 Å². The highest BCUT2D eigenvalue weighted by molar-refractivity contribution is 6.45. The number of halogens is 2. The van der Waals surface area contributed by atoms with Crippen LogP contribution in [0.4, 0.5) is 0 Å². The van der Waals surface area contributed by atoms with Crippen molar-refractivity contribution in [3.63, 3.8) is 0 Å². The number of benzene rings is 1. The second-order valence-electron chi connectivity index (χ2n) is 3.78. The van der Waals surface area contributed by atoms with Gasteiger partial charge in [-0.3, -0.25) is 4.79 Å². The number of nitrogens with one attached hydrogen (secondary N) is 1. The largest absolute Gasteiger partial charge is 0.428 e. The van der Waals surface area contributed by atoms with Gasteiger partial charge in [-0.25, -0.2) is 4.79 Å². The molecule has 0 amide bonds. The number of ether oxygens (including phenoxy) is 1. The zero-order chi connectivity index (χ0) is 13.0. The Hall–Kier alpha value is -1.56. The average molecular weight is 286 g/mol. The minimum atomic E-state index is -1.51. The van der Waals surface area contributed by atoms with Crippen LogP contribution in [0, 0.1) is 0 Å². The third-order valence-corrected chi connectivity index (χ3v) is 3.58. The molecule has 2 aromatic rings. The molecule has 1 aromatic heterocycles. The lowest BCUT2D eigenvalue weighted by molar-refractivity contribution is -0.0540. The fraction of sp³-hybridized carbons (Fsp3) is 0.0909. The van der Waals surface area contributed by atoms with Gasteiger partial charge in [-0.2, -0.15) is 0 Å². The van der Waals surface area contributed by atoms with Gasteiger partial charge in [-0.05, 0) is 12.1 Å². The highest BCUT2D eigenvalue weighted by Crippen LogP contribution is 2.38. The van der Waals surface area contributed by atoms with E-state index in [9.17, 15) is 14.7 Å². The second kappa shape index (κ2) is 3.71. The van der Waals surface area contributed by atoms with E-state index in [2.05, 4.69) is 9.72 Å². The number of carbonyl (C=O) groups is 1. The molecule has 0 radical (unpaired) electrons. The Bertz CT molecular complexity index is 753. The summed E-state index contributed by atoms with van der Waals surface area (Å²) in [6.45, 7) is 0. The van der Waals surface area contributed by atoms with Crippen molar-refractivity contribution in [2.75, 3.05) is 0 Å². The summed E-state index contributed by atoms with van der Waals surface area (Å²) in [4.78, 5) is 25.7. The quantitative estimate of drug-likeness (QED) is 0.726. The van der Waals surface area contributed by atoms with Gasteiger partial charge in [0.05, 0.1) is 21.1 Å². The fourth-order valence-corrected chi connectivity index (χ4v) is 2.44. The minimum Gasteiger partial charge on any atom is -0.428 e. The fourth-order valence-electron chi connectivity index (χ4n) is 2.02. The van der Waals surface area contributed by atoms with Gasteiger partial charge < -0.3 is 14.8 Å². The topological polar surface area (TPSA) is 79.4 Å². The molecule has 2 N–H and O–H groups in total. The smallest absolute Gasteiger partial charge is 0.346 e. The molecule has 5 nitrogen and oxygen atoms in total. The van der Waals surface area contributed by atoms with Crippen LogP contribution in [0.2, 0.25) is 10.0 Å². The number of hydrogen-bond acceptors (Lipinski definition) is 4. The van der Waals surface area contributed by atoms with Gasteiger partial charge in [0, 0.05) is 5.39 Å². The van der Waals surface area contributed by atoms with Gasteiger partial charge in [0.2, 0.25) is 6.29 Å². The van der Waals surface area contributed by atoms with Crippen molar-refractivity contribution in [3.05, 3.63) is 43.7 Å². The Morgan fingerprint density at radius 2 is 2.00 bits per heavy atom. The van der Waals surface area contributed by atoms with Gasteiger partial charge >= 0.3 is 5.97 Å². The molecule has 0 saturated carbocycles. The first kappa shape index (κ1) is 11.5. The monoisotopic (exact) mass is 285 g/mol. The van der Waals surface area contributed by atoms with Crippen LogP contribution in [0.25, 0.3) is 10.9 Å². The molecule has 92 valence electrons. The molecule has 3 rings (SSSR count). The summed E-state index contributed by atoms with van der Waals surface area (Å²) in [5, 5.41) is 10.4. The number of H-pyrrole nitrogens is 1. The zero-order valence-electron chi connectivity index (χ0n) is 8.66. The first-order valence-corrected chi connectivity index (χ1v) is 5.69. The van der Waals surface area contributed by atoms with E-state index in [1.165, 1.54) is 6.07 Å². The van der Waals surface area contributed by atoms with Crippen LogP contribution in [0.1, 0.15) is 22.2 Å². The van der Waals surface area contributed by atoms with Gasteiger partial charge in [-0.1, -0.05) is 23.2 Å². The van der Waals surface area contributed by atoms with Gasteiger partial charge in [0.15, 0.2) is 0 Å². The van der Waals surface area contributed by atoms with E-state index in [-0.39, 0.29) is 21.2 Å². The predicted octanol–water partition coefficient (Wildman–Crippen LogP) is 2.00. The second-order valence-corrected chi connectivity index (χ2v) is 4.57. The molecule has 1 aliphatic rings. The SMILES string of the molecule is O=C1O[C@H](O)c2c1c(=O)[nH]c1ccc(Cl)c(Cl)c21.